The molecule has 1 aromatic heterocycles. The number of carbonyl (C=O) groups is 1. The van der Waals surface area contributed by atoms with Crippen molar-refractivity contribution in [1.29, 1.82) is 0 Å². The Bertz CT molecular complexity index is 618. The summed E-state index contributed by atoms with van der Waals surface area (Å²) in [5.41, 5.74) is 1.12. The van der Waals surface area contributed by atoms with Gasteiger partial charge in [-0.2, -0.15) is 0 Å². The van der Waals surface area contributed by atoms with E-state index < -0.39 is 5.41 Å². The quantitative estimate of drug-likeness (QED) is 0.453. The minimum absolute atomic E-state index is 0.0366. The van der Waals surface area contributed by atoms with Gasteiger partial charge in [0.1, 0.15) is 11.2 Å². The van der Waals surface area contributed by atoms with E-state index >= 15 is 0 Å². The first-order chi connectivity index (χ1) is 11.4. The third-order valence-corrected chi connectivity index (χ3v) is 5.32. The molecule has 0 radical (unpaired) electrons. The molecule has 0 aromatic carbocycles. The van der Waals surface area contributed by atoms with Gasteiger partial charge in [0.25, 0.3) is 0 Å². The van der Waals surface area contributed by atoms with Crippen LogP contribution in [0, 0.1) is 5.92 Å². The monoisotopic (exact) mass is 372 g/mol. The first kappa shape index (κ1) is 17.8. The number of halogens is 2. The van der Waals surface area contributed by atoms with Crippen LogP contribution in [0.1, 0.15) is 43.6 Å². The second kappa shape index (κ2) is 7.09. The average Bonchev–Trinajstić information content (AvgIpc) is 3.33. The molecule has 132 valence electrons. The smallest absolute Gasteiger partial charge is 0.225 e. The Kier molecular flexibility index (Phi) is 5.26. The molecule has 1 amide bonds. The van der Waals surface area contributed by atoms with Crippen molar-refractivity contribution in [3.63, 3.8) is 0 Å². The number of anilines is 1. The summed E-state index contributed by atoms with van der Waals surface area (Å²) in [6, 6.07) is 0. The van der Waals surface area contributed by atoms with Gasteiger partial charge in [0.15, 0.2) is 0 Å². The number of nitrogens with zero attached hydrogens (tertiary/aromatic N) is 3. The maximum Gasteiger partial charge on any atom is 0.225 e. The molecule has 1 aromatic rings. The number of hydrogen-bond donors (Lipinski definition) is 1. The van der Waals surface area contributed by atoms with E-state index in [2.05, 4.69) is 24.5 Å². The van der Waals surface area contributed by atoms with Gasteiger partial charge in [0, 0.05) is 37.8 Å². The van der Waals surface area contributed by atoms with E-state index in [1.54, 1.807) is 18.1 Å². The number of hydrogen-bond acceptors (Lipinski definition) is 4. The Labute approximate surface area is 149 Å². The van der Waals surface area contributed by atoms with Crippen molar-refractivity contribution in [3.8, 4) is 0 Å². The molecule has 1 N–H and O–H groups in total. The molecular formula is C16H23ClFN4OP. The van der Waals surface area contributed by atoms with Crippen molar-refractivity contribution < 1.29 is 9.18 Å². The third-order valence-electron chi connectivity index (χ3n) is 4.66. The fourth-order valence-corrected chi connectivity index (χ4v) is 3.79. The Morgan fingerprint density at radius 2 is 2.25 bits per heavy atom. The van der Waals surface area contributed by atoms with Crippen LogP contribution >= 0.6 is 20.8 Å². The van der Waals surface area contributed by atoms with Gasteiger partial charge in [0.2, 0.25) is 11.2 Å². The number of amides is 1. The molecule has 1 atom stereocenters. The lowest BCUT2D eigenvalue weighted by molar-refractivity contribution is -0.140. The van der Waals surface area contributed by atoms with Crippen LogP contribution in [0.25, 0.3) is 0 Å². The number of alkyl halides is 1. The lowest BCUT2D eigenvalue weighted by atomic mass is 9.81. The first-order valence-electron chi connectivity index (χ1n) is 8.35. The summed E-state index contributed by atoms with van der Waals surface area (Å²) in [5, 5.41) is 2.30. The van der Waals surface area contributed by atoms with Crippen LogP contribution in [0.2, 0.25) is 5.28 Å². The van der Waals surface area contributed by atoms with E-state index in [0.29, 0.717) is 31.8 Å². The maximum absolute atomic E-state index is 13.5. The second-order valence-corrected chi connectivity index (χ2v) is 8.27. The zero-order chi connectivity index (χ0) is 17.3. The molecule has 5 nitrogen and oxygen atoms in total. The largest absolute Gasteiger partial charge is 0.370 e. The molecule has 0 saturated heterocycles. The molecule has 1 unspecified atom stereocenters. The van der Waals surface area contributed by atoms with Crippen molar-refractivity contribution in [2.45, 2.75) is 43.4 Å². The summed E-state index contributed by atoms with van der Waals surface area (Å²) in [7, 11) is 3.97. The van der Waals surface area contributed by atoms with Gasteiger partial charge >= 0.3 is 0 Å². The van der Waals surface area contributed by atoms with Crippen molar-refractivity contribution in [3.05, 3.63) is 17.0 Å². The standard InChI is InChI=1S/C16H23ClFN4OP/c1-22(14(23)11-7-16(18,24)8-11)6-2-5-19-13-12(10-3-4-10)9-20-15(17)21-13/h9-11H,2-8,24H2,1H3,(H,19,20,21). The minimum Gasteiger partial charge on any atom is -0.370 e. The van der Waals surface area contributed by atoms with Crippen LogP contribution in [0.4, 0.5) is 10.2 Å². The molecule has 8 heteroatoms. The summed E-state index contributed by atoms with van der Waals surface area (Å²) < 4.78 is 13.5. The van der Waals surface area contributed by atoms with Crippen LogP contribution in [-0.4, -0.2) is 46.3 Å². The Morgan fingerprint density at radius 3 is 2.88 bits per heavy atom. The minimum atomic E-state index is -1.24. The number of rotatable bonds is 7. The molecule has 2 fully saturated rings. The van der Waals surface area contributed by atoms with Gasteiger partial charge in [-0.15, -0.1) is 0 Å². The van der Waals surface area contributed by atoms with E-state index in [-0.39, 0.29) is 17.1 Å². The maximum atomic E-state index is 13.5. The van der Waals surface area contributed by atoms with Crippen LogP contribution in [0.5, 0.6) is 0 Å². The van der Waals surface area contributed by atoms with Crippen LogP contribution < -0.4 is 5.32 Å². The molecule has 3 rings (SSSR count). The van der Waals surface area contributed by atoms with E-state index in [0.717, 1.165) is 17.8 Å². The zero-order valence-electron chi connectivity index (χ0n) is 13.8. The molecular weight excluding hydrogens is 350 g/mol. The Morgan fingerprint density at radius 1 is 1.54 bits per heavy atom. The van der Waals surface area contributed by atoms with Crippen LogP contribution in [0.15, 0.2) is 6.20 Å². The van der Waals surface area contributed by atoms with Crippen molar-refractivity contribution in [2.75, 3.05) is 25.5 Å². The van der Waals surface area contributed by atoms with Gasteiger partial charge in [-0.1, -0.05) is 9.24 Å². The van der Waals surface area contributed by atoms with Crippen molar-refractivity contribution in [1.82, 2.24) is 14.9 Å². The molecule has 0 aliphatic heterocycles. The van der Waals surface area contributed by atoms with E-state index in [1.807, 2.05) is 0 Å². The Balaban J connectivity index is 1.42. The highest BCUT2D eigenvalue weighted by Crippen LogP contribution is 2.46. The molecule has 2 aliphatic carbocycles. The lowest BCUT2D eigenvalue weighted by Crippen LogP contribution is -2.45. The normalized spacial score (nSPS) is 25.9. The predicted octanol–water partition coefficient (Wildman–Crippen LogP) is 3.22. The van der Waals surface area contributed by atoms with Crippen molar-refractivity contribution in [2.24, 2.45) is 5.92 Å². The molecule has 24 heavy (non-hydrogen) atoms. The second-order valence-electron chi connectivity index (χ2n) is 6.90. The highest BCUT2D eigenvalue weighted by molar-refractivity contribution is 7.18. The molecule has 2 saturated carbocycles. The first-order valence-corrected chi connectivity index (χ1v) is 9.30. The average molecular weight is 373 g/mol. The zero-order valence-corrected chi connectivity index (χ0v) is 15.7. The van der Waals surface area contributed by atoms with Crippen LogP contribution in [0.3, 0.4) is 0 Å². The van der Waals surface area contributed by atoms with Gasteiger partial charge in [-0.05, 0) is 49.6 Å². The number of nitrogens with one attached hydrogen (secondary N) is 1. The summed E-state index contributed by atoms with van der Waals surface area (Å²) in [6.07, 6.45) is 5.55. The van der Waals surface area contributed by atoms with E-state index in [4.69, 9.17) is 11.6 Å². The highest BCUT2D eigenvalue weighted by Gasteiger charge is 2.45. The topological polar surface area (TPSA) is 58.1 Å². The molecule has 2 aliphatic rings. The van der Waals surface area contributed by atoms with Gasteiger partial charge in [-0.3, -0.25) is 4.79 Å². The summed E-state index contributed by atoms with van der Waals surface area (Å²) in [6.45, 7) is 1.34. The van der Waals surface area contributed by atoms with E-state index in [1.165, 1.54) is 12.8 Å². The van der Waals surface area contributed by atoms with Gasteiger partial charge < -0.3 is 10.2 Å². The summed E-state index contributed by atoms with van der Waals surface area (Å²) >= 11 is 5.88. The summed E-state index contributed by atoms with van der Waals surface area (Å²) in [5.74, 6) is 1.21. The fourth-order valence-electron chi connectivity index (χ4n) is 3.08. The highest BCUT2D eigenvalue weighted by atomic mass is 35.5. The van der Waals surface area contributed by atoms with E-state index in [9.17, 15) is 9.18 Å². The SMILES string of the molecule is CN(CCCNc1nc(Cl)ncc1C1CC1)C(=O)C1CC(F)(P)C1. The molecule has 1 heterocycles. The fraction of sp³-hybridized carbons (Fsp3) is 0.688. The Hall–Kier alpha value is -1.00. The van der Waals surface area contributed by atoms with Crippen molar-refractivity contribution >= 4 is 32.6 Å². The third kappa shape index (κ3) is 4.34. The summed E-state index contributed by atoms with van der Waals surface area (Å²) in [4.78, 5) is 22.2. The van der Waals surface area contributed by atoms with Gasteiger partial charge in [0.05, 0.1) is 0 Å². The molecule has 0 bridgehead atoms. The molecule has 0 spiro atoms. The number of aromatic nitrogens is 2. The van der Waals surface area contributed by atoms with Crippen LogP contribution in [-0.2, 0) is 4.79 Å². The predicted molar refractivity (Wildman–Crippen MR) is 96.0 cm³/mol. The number of carbonyl (C=O) groups excluding carboxylic acids is 1. The van der Waals surface area contributed by atoms with Gasteiger partial charge in [-0.25, -0.2) is 14.4 Å². The lowest BCUT2D eigenvalue weighted by Gasteiger charge is -2.39.